The zero-order valence-corrected chi connectivity index (χ0v) is 8.19. The van der Waals surface area contributed by atoms with Gasteiger partial charge in [-0.15, -0.1) is 0 Å². The number of rotatable bonds is 6. The second-order valence-corrected chi connectivity index (χ2v) is 3.25. The van der Waals surface area contributed by atoms with Crippen molar-refractivity contribution in [3.63, 3.8) is 0 Å². The van der Waals surface area contributed by atoms with E-state index in [4.69, 9.17) is 10.8 Å². The van der Waals surface area contributed by atoms with Crippen LogP contribution in [-0.4, -0.2) is 35.8 Å². The highest BCUT2D eigenvalue weighted by Crippen LogP contribution is 1.95. The van der Waals surface area contributed by atoms with Gasteiger partial charge in [-0.1, -0.05) is 0 Å². The molecule has 0 spiro atoms. The summed E-state index contributed by atoms with van der Waals surface area (Å²) in [6.45, 7) is 1.56. The van der Waals surface area contributed by atoms with Gasteiger partial charge in [0.1, 0.15) is 0 Å². The molecule has 0 bridgehead atoms. The van der Waals surface area contributed by atoms with Crippen molar-refractivity contribution in [2.75, 3.05) is 19.7 Å². The van der Waals surface area contributed by atoms with Crippen LogP contribution in [0.5, 0.6) is 0 Å². The zero-order chi connectivity index (χ0) is 10.2. The van der Waals surface area contributed by atoms with Gasteiger partial charge < -0.3 is 16.2 Å². The highest BCUT2D eigenvalue weighted by molar-refractivity contribution is 5.09. The highest BCUT2D eigenvalue weighted by atomic mass is 16.3. The van der Waals surface area contributed by atoms with Gasteiger partial charge >= 0.3 is 0 Å². The fourth-order valence-electron chi connectivity index (χ4n) is 1.13. The van der Waals surface area contributed by atoms with Gasteiger partial charge in [0.15, 0.2) is 0 Å². The Morgan fingerprint density at radius 2 is 2.14 bits per heavy atom. The molecule has 0 aromatic carbocycles. The van der Waals surface area contributed by atoms with Crippen molar-refractivity contribution < 1.29 is 5.11 Å². The summed E-state index contributed by atoms with van der Waals surface area (Å²) in [5.41, 5.74) is 6.78. The third-order valence-electron chi connectivity index (χ3n) is 1.98. The number of aliphatic hydroxyl groups is 1. The van der Waals surface area contributed by atoms with Gasteiger partial charge in [0.2, 0.25) is 0 Å². The van der Waals surface area contributed by atoms with Crippen molar-refractivity contribution in [3.05, 3.63) is 30.1 Å². The van der Waals surface area contributed by atoms with Crippen molar-refractivity contribution in [3.8, 4) is 0 Å². The van der Waals surface area contributed by atoms with Gasteiger partial charge in [0.05, 0.1) is 6.61 Å². The average Bonchev–Trinajstić information content (AvgIpc) is 2.25. The molecule has 1 heterocycles. The van der Waals surface area contributed by atoms with E-state index in [1.165, 1.54) is 5.56 Å². The smallest absolute Gasteiger partial charge is 0.0594 e. The Balaban J connectivity index is 2.10. The number of aliphatic hydroxyl groups excluding tert-OH is 1. The van der Waals surface area contributed by atoms with Crippen LogP contribution < -0.4 is 11.1 Å². The zero-order valence-electron chi connectivity index (χ0n) is 8.19. The molecule has 4 N–H and O–H groups in total. The molecule has 0 aliphatic heterocycles. The summed E-state index contributed by atoms with van der Waals surface area (Å²) in [5, 5.41) is 11.9. The van der Waals surface area contributed by atoms with E-state index in [1.54, 1.807) is 12.4 Å². The Labute approximate surface area is 84.2 Å². The van der Waals surface area contributed by atoms with Crippen molar-refractivity contribution >= 4 is 0 Å². The van der Waals surface area contributed by atoms with Gasteiger partial charge in [0, 0.05) is 25.0 Å². The van der Waals surface area contributed by atoms with Gasteiger partial charge in [-0.2, -0.15) is 0 Å². The second-order valence-electron chi connectivity index (χ2n) is 3.25. The predicted molar refractivity (Wildman–Crippen MR) is 55.9 cm³/mol. The van der Waals surface area contributed by atoms with E-state index < -0.39 is 0 Å². The van der Waals surface area contributed by atoms with Crippen LogP contribution in [0.4, 0.5) is 0 Å². The first kappa shape index (κ1) is 11.1. The van der Waals surface area contributed by atoms with E-state index in [2.05, 4.69) is 10.3 Å². The maximum absolute atomic E-state index is 8.68. The van der Waals surface area contributed by atoms with E-state index in [1.807, 2.05) is 12.1 Å². The van der Waals surface area contributed by atoms with Gasteiger partial charge in [-0.3, -0.25) is 4.98 Å². The molecule has 0 radical (unpaired) electrons. The number of nitrogens with one attached hydrogen (secondary N) is 1. The standard InChI is InChI=1S/C10H17N3O/c11-10(8-14)7-13-6-3-9-1-4-12-5-2-9/h1-2,4-5,10,13-14H,3,6-8,11H2. The Kier molecular flexibility index (Phi) is 5.14. The largest absolute Gasteiger partial charge is 0.395 e. The first-order chi connectivity index (χ1) is 6.83. The summed E-state index contributed by atoms with van der Waals surface area (Å²) in [6.07, 6.45) is 4.53. The lowest BCUT2D eigenvalue weighted by molar-refractivity contribution is 0.262. The minimum Gasteiger partial charge on any atom is -0.395 e. The summed E-state index contributed by atoms with van der Waals surface area (Å²) < 4.78 is 0. The van der Waals surface area contributed by atoms with Crippen molar-refractivity contribution in [2.45, 2.75) is 12.5 Å². The van der Waals surface area contributed by atoms with E-state index in [0.717, 1.165) is 13.0 Å². The number of aromatic nitrogens is 1. The quantitative estimate of drug-likeness (QED) is 0.537. The highest BCUT2D eigenvalue weighted by Gasteiger charge is 1.98. The lowest BCUT2D eigenvalue weighted by Gasteiger charge is -2.09. The molecule has 0 saturated heterocycles. The Hall–Kier alpha value is -0.970. The van der Waals surface area contributed by atoms with Gasteiger partial charge in [-0.25, -0.2) is 0 Å². The fraction of sp³-hybridized carbons (Fsp3) is 0.500. The summed E-state index contributed by atoms with van der Waals surface area (Å²) >= 11 is 0. The molecular weight excluding hydrogens is 178 g/mol. The van der Waals surface area contributed by atoms with Crippen LogP contribution in [0.2, 0.25) is 0 Å². The van der Waals surface area contributed by atoms with Crippen LogP contribution in [0.25, 0.3) is 0 Å². The molecule has 0 aliphatic carbocycles. The maximum atomic E-state index is 8.68. The monoisotopic (exact) mass is 195 g/mol. The van der Waals surface area contributed by atoms with Crippen LogP contribution in [0, 0.1) is 0 Å². The molecule has 1 atom stereocenters. The molecule has 1 aromatic heterocycles. The SMILES string of the molecule is NC(CO)CNCCc1ccncc1. The topological polar surface area (TPSA) is 71.2 Å². The number of hydrogen-bond acceptors (Lipinski definition) is 4. The summed E-state index contributed by atoms with van der Waals surface area (Å²) in [5.74, 6) is 0. The molecule has 78 valence electrons. The summed E-state index contributed by atoms with van der Waals surface area (Å²) in [6, 6.07) is 3.83. The fourth-order valence-corrected chi connectivity index (χ4v) is 1.13. The minimum atomic E-state index is -0.160. The lowest BCUT2D eigenvalue weighted by Crippen LogP contribution is -2.37. The number of nitrogens with zero attached hydrogens (tertiary/aromatic N) is 1. The van der Waals surface area contributed by atoms with Crippen LogP contribution in [0.3, 0.4) is 0 Å². The summed E-state index contributed by atoms with van der Waals surface area (Å²) in [7, 11) is 0. The normalized spacial score (nSPS) is 12.7. The Bertz CT molecular complexity index is 240. The molecule has 1 rings (SSSR count). The first-order valence-electron chi connectivity index (χ1n) is 4.79. The van der Waals surface area contributed by atoms with E-state index >= 15 is 0 Å². The Morgan fingerprint density at radius 1 is 1.43 bits per heavy atom. The van der Waals surface area contributed by atoms with Crippen LogP contribution in [-0.2, 0) is 6.42 Å². The lowest BCUT2D eigenvalue weighted by atomic mass is 10.2. The van der Waals surface area contributed by atoms with Crippen LogP contribution >= 0.6 is 0 Å². The predicted octanol–water partition coefficient (Wildman–Crippen LogP) is -0.467. The molecule has 0 aliphatic rings. The first-order valence-corrected chi connectivity index (χ1v) is 4.79. The molecule has 0 fully saturated rings. The van der Waals surface area contributed by atoms with E-state index in [9.17, 15) is 0 Å². The molecule has 0 saturated carbocycles. The molecule has 4 nitrogen and oxygen atoms in total. The number of nitrogens with two attached hydrogens (primary N) is 1. The molecular formula is C10H17N3O. The van der Waals surface area contributed by atoms with Crippen LogP contribution in [0.15, 0.2) is 24.5 Å². The van der Waals surface area contributed by atoms with Crippen LogP contribution in [0.1, 0.15) is 5.56 Å². The van der Waals surface area contributed by atoms with E-state index in [0.29, 0.717) is 6.54 Å². The Morgan fingerprint density at radius 3 is 2.79 bits per heavy atom. The third kappa shape index (κ3) is 4.32. The summed E-state index contributed by atoms with van der Waals surface area (Å²) in [4.78, 5) is 3.94. The molecule has 1 unspecified atom stereocenters. The van der Waals surface area contributed by atoms with Crippen molar-refractivity contribution in [1.82, 2.24) is 10.3 Å². The molecule has 0 amide bonds. The molecule has 14 heavy (non-hydrogen) atoms. The van der Waals surface area contributed by atoms with Gasteiger partial charge in [-0.05, 0) is 30.7 Å². The minimum absolute atomic E-state index is 0.0300. The number of hydrogen-bond donors (Lipinski definition) is 3. The molecule has 4 heteroatoms. The number of pyridine rings is 1. The van der Waals surface area contributed by atoms with Crippen molar-refractivity contribution in [1.29, 1.82) is 0 Å². The maximum Gasteiger partial charge on any atom is 0.0594 e. The third-order valence-corrected chi connectivity index (χ3v) is 1.98. The van der Waals surface area contributed by atoms with Gasteiger partial charge in [0.25, 0.3) is 0 Å². The van der Waals surface area contributed by atoms with Crippen molar-refractivity contribution in [2.24, 2.45) is 5.73 Å². The average molecular weight is 195 g/mol. The van der Waals surface area contributed by atoms with E-state index in [-0.39, 0.29) is 12.6 Å². The molecule has 1 aromatic rings. The second kappa shape index (κ2) is 6.48.